The number of rotatable bonds is 8. The first-order chi connectivity index (χ1) is 10.4. The summed E-state index contributed by atoms with van der Waals surface area (Å²) in [5.41, 5.74) is 0. The van der Waals surface area contributed by atoms with Crippen LogP contribution < -0.4 is 5.32 Å². The maximum Gasteiger partial charge on any atom is 0.331 e. The summed E-state index contributed by atoms with van der Waals surface area (Å²) >= 11 is 0. The molecule has 0 unspecified atom stereocenters. The molecular formula is C16H21NO5. The van der Waals surface area contributed by atoms with Gasteiger partial charge in [-0.25, -0.2) is 9.59 Å². The van der Waals surface area contributed by atoms with Crippen LogP contribution in [-0.4, -0.2) is 35.1 Å². The number of esters is 1. The molecule has 0 radical (unpaired) electrons. The largest absolute Gasteiger partial charge is 0.480 e. The molecule has 0 aliphatic rings. The minimum Gasteiger partial charge on any atom is -0.480 e. The van der Waals surface area contributed by atoms with E-state index in [9.17, 15) is 14.4 Å². The predicted octanol–water partition coefficient (Wildman–Crippen LogP) is 1.75. The van der Waals surface area contributed by atoms with Crippen LogP contribution in [0.5, 0.6) is 0 Å². The highest BCUT2D eigenvalue weighted by Crippen LogP contribution is 2.02. The van der Waals surface area contributed by atoms with Crippen LogP contribution in [0.3, 0.4) is 0 Å². The number of carbonyl (C=O) groups is 3. The van der Waals surface area contributed by atoms with Crippen molar-refractivity contribution >= 4 is 17.8 Å². The van der Waals surface area contributed by atoms with Crippen LogP contribution in [0.2, 0.25) is 0 Å². The van der Waals surface area contributed by atoms with E-state index in [1.165, 1.54) is 31.2 Å². The number of hydrogen-bond donors (Lipinski definition) is 2. The Morgan fingerprint density at radius 2 is 1.55 bits per heavy atom. The topological polar surface area (TPSA) is 92.7 Å². The van der Waals surface area contributed by atoms with E-state index < -0.39 is 30.0 Å². The van der Waals surface area contributed by atoms with E-state index in [-0.39, 0.29) is 0 Å². The smallest absolute Gasteiger partial charge is 0.331 e. The van der Waals surface area contributed by atoms with Crippen LogP contribution in [0.15, 0.2) is 48.6 Å². The molecular weight excluding hydrogens is 286 g/mol. The van der Waals surface area contributed by atoms with Gasteiger partial charge in [-0.15, -0.1) is 0 Å². The van der Waals surface area contributed by atoms with Crippen LogP contribution in [0.1, 0.15) is 20.8 Å². The number of carboxylic acids is 1. The number of nitrogens with one attached hydrogen (secondary N) is 1. The second kappa shape index (κ2) is 11.1. The summed E-state index contributed by atoms with van der Waals surface area (Å²) in [5.74, 6) is -2.56. The molecule has 0 heterocycles. The number of ether oxygens (including phenoxy) is 1. The number of carbonyl (C=O) groups excluding carboxylic acids is 2. The zero-order valence-electron chi connectivity index (χ0n) is 12.9. The normalized spacial score (nSPS) is 14.7. The third kappa shape index (κ3) is 8.52. The van der Waals surface area contributed by atoms with Gasteiger partial charge < -0.3 is 15.2 Å². The number of allylic oxidation sites excluding steroid dienone is 6. The average molecular weight is 307 g/mol. The molecule has 0 rings (SSSR count). The third-order valence-corrected chi connectivity index (χ3v) is 2.42. The van der Waals surface area contributed by atoms with Crippen LogP contribution >= 0.6 is 0 Å². The van der Waals surface area contributed by atoms with E-state index >= 15 is 0 Å². The van der Waals surface area contributed by atoms with Gasteiger partial charge in [0.2, 0.25) is 5.91 Å². The van der Waals surface area contributed by atoms with E-state index in [1.807, 2.05) is 0 Å². The monoisotopic (exact) mass is 307 g/mol. The molecule has 2 N–H and O–H groups in total. The first-order valence-corrected chi connectivity index (χ1v) is 6.75. The van der Waals surface area contributed by atoms with Gasteiger partial charge in [-0.1, -0.05) is 36.5 Å². The Hall–Kier alpha value is -2.63. The molecule has 0 aliphatic carbocycles. The second-order valence-corrected chi connectivity index (χ2v) is 4.24. The maximum absolute atomic E-state index is 11.6. The van der Waals surface area contributed by atoms with Crippen molar-refractivity contribution in [3.63, 3.8) is 0 Å². The molecule has 0 spiro atoms. The first-order valence-electron chi connectivity index (χ1n) is 6.75. The molecule has 6 heteroatoms. The highest BCUT2D eigenvalue weighted by molar-refractivity contribution is 5.91. The maximum atomic E-state index is 11.6. The lowest BCUT2D eigenvalue weighted by Gasteiger charge is -2.20. The molecule has 120 valence electrons. The molecule has 22 heavy (non-hydrogen) atoms. The highest BCUT2D eigenvalue weighted by Gasteiger charge is 2.28. The average Bonchev–Trinajstić information content (AvgIpc) is 2.44. The van der Waals surface area contributed by atoms with Crippen molar-refractivity contribution in [2.24, 2.45) is 0 Å². The summed E-state index contributed by atoms with van der Waals surface area (Å²) in [6.45, 7) is 4.97. The minimum atomic E-state index is -1.33. The fraction of sp³-hybridized carbons (Fsp3) is 0.312. The molecule has 0 saturated carbocycles. The lowest BCUT2D eigenvalue weighted by atomic mass is 10.2. The number of amides is 1. The Morgan fingerprint density at radius 1 is 1.00 bits per heavy atom. The fourth-order valence-electron chi connectivity index (χ4n) is 1.37. The van der Waals surface area contributed by atoms with Gasteiger partial charge in [0.25, 0.3) is 0 Å². The van der Waals surface area contributed by atoms with E-state index in [0.717, 1.165) is 0 Å². The highest BCUT2D eigenvalue weighted by atomic mass is 16.5. The van der Waals surface area contributed by atoms with Crippen molar-refractivity contribution < 1.29 is 24.2 Å². The third-order valence-electron chi connectivity index (χ3n) is 2.42. The van der Waals surface area contributed by atoms with Crippen molar-refractivity contribution in [2.75, 3.05) is 0 Å². The minimum absolute atomic E-state index is 0.585. The molecule has 1 amide bonds. The van der Waals surface area contributed by atoms with Gasteiger partial charge in [0.15, 0.2) is 6.04 Å². The Bertz CT molecular complexity index is 503. The van der Waals surface area contributed by atoms with Crippen molar-refractivity contribution in [3.05, 3.63) is 48.6 Å². The summed E-state index contributed by atoms with van der Waals surface area (Å²) in [4.78, 5) is 34.2. The number of aliphatic carboxylic acids is 1. The standard InChI is InChI=1S/C16H21NO5/c1-4-6-8-10-13(18)17-15(16(20)21)12(3)22-14(19)11-9-7-5-2/h4-12,15H,1-3H3,(H,17,18)(H,20,21)/b6-4+,7-5+,10-8+,11-9+/t12-,15+/m1/s1. The summed E-state index contributed by atoms with van der Waals surface area (Å²) in [6, 6.07) is -1.33. The van der Waals surface area contributed by atoms with E-state index in [1.54, 1.807) is 38.2 Å². The molecule has 0 aromatic rings. The Balaban J connectivity index is 4.70. The van der Waals surface area contributed by atoms with Crippen molar-refractivity contribution in [1.82, 2.24) is 5.32 Å². The summed E-state index contributed by atoms with van der Waals surface area (Å²) in [7, 11) is 0. The van der Waals surface area contributed by atoms with Gasteiger partial charge in [-0.3, -0.25) is 4.79 Å². The van der Waals surface area contributed by atoms with Gasteiger partial charge in [-0.05, 0) is 20.8 Å². The number of carboxylic acid groups (broad SMARTS) is 1. The van der Waals surface area contributed by atoms with E-state index in [4.69, 9.17) is 9.84 Å². The zero-order valence-corrected chi connectivity index (χ0v) is 12.9. The van der Waals surface area contributed by atoms with E-state index in [2.05, 4.69) is 5.32 Å². The molecule has 0 aliphatic heterocycles. The van der Waals surface area contributed by atoms with Crippen LogP contribution in [0.25, 0.3) is 0 Å². The second-order valence-electron chi connectivity index (χ2n) is 4.24. The molecule has 0 bridgehead atoms. The molecule has 0 fully saturated rings. The molecule has 0 aromatic heterocycles. The van der Waals surface area contributed by atoms with Gasteiger partial charge in [0.1, 0.15) is 6.10 Å². The van der Waals surface area contributed by atoms with Gasteiger partial charge in [-0.2, -0.15) is 0 Å². The summed E-state index contributed by atoms with van der Waals surface area (Å²) < 4.78 is 4.95. The zero-order chi connectivity index (χ0) is 17.0. The van der Waals surface area contributed by atoms with Gasteiger partial charge in [0.05, 0.1) is 0 Å². The fourth-order valence-corrected chi connectivity index (χ4v) is 1.37. The quantitative estimate of drug-likeness (QED) is 0.405. The molecule has 6 nitrogen and oxygen atoms in total. The van der Waals surface area contributed by atoms with Gasteiger partial charge in [0, 0.05) is 12.2 Å². The Morgan fingerprint density at radius 3 is 2.05 bits per heavy atom. The Labute approximate surface area is 129 Å². The van der Waals surface area contributed by atoms with Gasteiger partial charge >= 0.3 is 11.9 Å². The van der Waals surface area contributed by atoms with Crippen LogP contribution in [-0.2, 0) is 19.1 Å². The lowest BCUT2D eigenvalue weighted by Crippen LogP contribution is -2.48. The van der Waals surface area contributed by atoms with Crippen LogP contribution in [0.4, 0.5) is 0 Å². The van der Waals surface area contributed by atoms with E-state index in [0.29, 0.717) is 0 Å². The lowest BCUT2D eigenvalue weighted by molar-refractivity contribution is -0.152. The summed E-state index contributed by atoms with van der Waals surface area (Å²) in [6.07, 6.45) is 11.0. The predicted molar refractivity (Wildman–Crippen MR) is 83.0 cm³/mol. The van der Waals surface area contributed by atoms with Crippen molar-refractivity contribution in [3.8, 4) is 0 Å². The Kier molecular flexibility index (Phi) is 9.75. The van der Waals surface area contributed by atoms with Crippen molar-refractivity contribution in [2.45, 2.75) is 32.9 Å². The van der Waals surface area contributed by atoms with Crippen molar-refractivity contribution in [1.29, 1.82) is 0 Å². The molecule has 0 saturated heterocycles. The SMILES string of the molecule is C/C=C/C=C/C(=O)N[C@H](C(=O)O)[C@@H](C)OC(=O)/C=C/C=C/C. The first kappa shape index (κ1) is 19.4. The van der Waals surface area contributed by atoms with Crippen LogP contribution in [0, 0.1) is 0 Å². The molecule has 0 aromatic carbocycles. The summed E-state index contributed by atoms with van der Waals surface area (Å²) in [5, 5.41) is 11.4. The molecule has 2 atom stereocenters. The number of hydrogen-bond acceptors (Lipinski definition) is 4.